The molecule has 2 heterocycles. The zero-order chi connectivity index (χ0) is 13.2. The monoisotopic (exact) mass is 256 g/mol. The number of amides is 1. The second-order valence-corrected chi connectivity index (χ2v) is 4.16. The molecule has 1 aliphatic heterocycles. The summed E-state index contributed by atoms with van der Waals surface area (Å²) in [6.07, 6.45) is 1.69. The van der Waals surface area contributed by atoms with E-state index in [0.717, 1.165) is 5.69 Å². The molecule has 96 valence electrons. The molecule has 1 aromatic carbocycles. The number of aryl methyl sites for hydroxylation is 1. The van der Waals surface area contributed by atoms with Gasteiger partial charge in [0.15, 0.2) is 11.5 Å². The summed E-state index contributed by atoms with van der Waals surface area (Å²) in [5.74, 6) is 1.05. The molecule has 0 unspecified atom stereocenters. The van der Waals surface area contributed by atoms with Crippen molar-refractivity contribution < 1.29 is 14.3 Å². The average molecular weight is 256 g/mol. The first kappa shape index (κ1) is 11.5. The van der Waals surface area contributed by atoms with Gasteiger partial charge in [-0.1, -0.05) is 0 Å². The Hall–Kier alpha value is -2.56. The van der Waals surface area contributed by atoms with Gasteiger partial charge >= 0.3 is 0 Å². The van der Waals surface area contributed by atoms with Crippen LogP contribution in [-0.2, 0) is 0 Å². The number of hydrogen-bond acceptors (Lipinski definition) is 4. The number of nitrogens with one attached hydrogen (secondary N) is 1. The van der Waals surface area contributed by atoms with Crippen LogP contribution in [0.4, 0.5) is 5.69 Å². The van der Waals surface area contributed by atoms with Crippen LogP contribution < -0.4 is 14.8 Å². The SMILES string of the molecule is Cc1ncccc1NC(=O)c1ccc2c(c1)OCO2. The largest absolute Gasteiger partial charge is 0.454 e. The smallest absolute Gasteiger partial charge is 0.255 e. The number of carbonyl (C=O) groups is 1. The Morgan fingerprint density at radius 3 is 2.95 bits per heavy atom. The summed E-state index contributed by atoms with van der Waals surface area (Å²) in [5, 5.41) is 2.82. The number of fused-ring (bicyclic) bond motifs is 1. The van der Waals surface area contributed by atoms with E-state index in [-0.39, 0.29) is 12.7 Å². The van der Waals surface area contributed by atoms with Crippen molar-refractivity contribution in [3.63, 3.8) is 0 Å². The Morgan fingerprint density at radius 1 is 1.26 bits per heavy atom. The van der Waals surface area contributed by atoms with Crippen LogP contribution in [-0.4, -0.2) is 17.7 Å². The van der Waals surface area contributed by atoms with E-state index >= 15 is 0 Å². The third-order valence-corrected chi connectivity index (χ3v) is 2.89. The van der Waals surface area contributed by atoms with Crippen LogP contribution in [0, 0.1) is 6.92 Å². The van der Waals surface area contributed by atoms with Gasteiger partial charge in [0.1, 0.15) is 0 Å². The predicted octanol–water partition coefficient (Wildman–Crippen LogP) is 2.37. The maximum absolute atomic E-state index is 12.1. The quantitative estimate of drug-likeness (QED) is 0.896. The van der Waals surface area contributed by atoms with Crippen LogP contribution in [0.5, 0.6) is 11.5 Å². The van der Waals surface area contributed by atoms with Gasteiger partial charge in [-0.3, -0.25) is 9.78 Å². The molecule has 0 aliphatic carbocycles. The molecule has 0 atom stereocenters. The Morgan fingerprint density at radius 2 is 2.11 bits per heavy atom. The summed E-state index contributed by atoms with van der Waals surface area (Å²) in [5.41, 5.74) is 1.99. The molecule has 1 aromatic heterocycles. The van der Waals surface area contributed by atoms with Crippen LogP contribution in [0.3, 0.4) is 0 Å². The molecule has 5 nitrogen and oxygen atoms in total. The number of pyridine rings is 1. The third-order valence-electron chi connectivity index (χ3n) is 2.89. The van der Waals surface area contributed by atoms with E-state index in [1.54, 1.807) is 30.5 Å². The van der Waals surface area contributed by atoms with E-state index in [1.807, 2.05) is 13.0 Å². The van der Waals surface area contributed by atoms with Gasteiger partial charge in [-0.05, 0) is 37.3 Å². The van der Waals surface area contributed by atoms with E-state index < -0.39 is 0 Å². The Balaban J connectivity index is 1.83. The van der Waals surface area contributed by atoms with E-state index in [4.69, 9.17) is 9.47 Å². The summed E-state index contributed by atoms with van der Waals surface area (Å²) < 4.78 is 10.5. The van der Waals surface area contributed by atoms with E-state index in [0.29, 0.717) is 22.7 Å². The van der Waals surface area contributed by atoms with Crippen LogP contribution in [0.1, 0.15) is 16.1 Å². The Labute approximate surface area is 110 Å². The maximum Gasteiger partial charge on any atom is 0.255 e. The maximum atomic E-state index is 12.1. The fraction of sp³-hybridized carbons (Fsp3) is 0.143. The highest BCUT2D eigenvalue weighted by Gasteiger charge is 2.16. The minimum atomic E-state index is -0.200. The zero-order valence-electron chi connectivity index (χ0n) is 10.3. The van der Waals surface area contributed by atoms with Gasteiger partial charge in [0.2, 0.25) is 6.79 Å². The Kier molecular flexibility index (Phi) is 2.79. The standard InChI is InChI=1S/C14H12N2O3/c1-9-11(3-2-6-15-9)16-14(17)10-4-5-12-13(7-10)19-8-18-12/h2-7H,8H2,1H3,(H,16,17). The van der Waals surface area contributed by atoms with Gasteiger partial charge in [-0.2, -0.15) is 0 Å². The molecule has 1 N–H and O–H groups in total. The zero-order valence-corrected chi connectivity index (χ0v) is 10.3. The van der Waals surface area contributed by atoms with E-state index in [2.05, 4.69) is 10.3 Å². The molecule has 0 spiro atoms. The number of benzene rings is 1. The van der Waals surface area contributed by atoms with Gasteiger partial charge in [-0.15, -0.1) is 0 Å². The fourth-order valence-corrected chi connectivity index (χ4v) is 1.85. The third kappa shape index (κ3) is 2.22. The number of aromatic nitrogens is 1. The molecule has 0 radical (unpaired) electrons. The summed E-state index contributed by atoms with van der Waals surface area (Å²) in [4.78, 5) is 16.3. The molecule has 3 rings (SSSR count). The lowest BCUT2D eigenvalue weighted by molar-refractivity contribution is 0.102. The average Bonchev–Trinajstić information content (AvgIpc) is 2.88. The molecule has 1 amide bonds. The molecule has 1 aliphatic rings. The summed E-state index contributed by atoms with van der Waals surface area (Å²) in [7, 11) is 0. The van der Waals surface area contributed by atoms with Crippen LogP contribution in [0.2, 0.25) is 0 Å². The van der Waals surface area contributed by atoms with Crippen LogP contribution >= 0.6 is 0 Å². The molecular formula is C14H12N2O3. The number of carbonyl (C=O) groups excluding carboxylic acids is 1. The number of anilines is 1. The summed E-state index contributed by atoms with van der Waals surface area (Å²) in [6, 6.07) is 8.70. The first-order valence-electron chi connectivity index (χ1n) is 5.86. The topological polar surface area (TPSA) is 60.5 Å². The van der Waals surface area contributed by atoms with Gasteiger partial charge in [0.25, 0.3) is 5.91 Å². The van der Waals surface area contributed by atoms with Crippen molar-refractivity contribution >= 4 is 11.6 Å². The molecule has 19 heavy (non-hydrogen) atoms. The minimum absolute atomic E-state index is 0.197. The van der Waals surface area contributed by atoms with Gasteiger partial charge in [0, 0.05) is 11.8 Å². The van der Waals surface area contributed by atoms with Crippen molar-refractivity contribution in [2.24, 2.45) is 0 Å². The lowest BCUT2D eigenvalue weighted by Gasteiger charge is -2.07. The predicted molar refractivity (Wildman–Crippen MR) is 69.5 cm³/mol. The van der Waals surface area contributed by atoms with E-state index in [1.165, 1.54) is 0 Å². The fourth-order valence-electron chi connectivity index (χ4n) is 1.85. The molecule has 0 saturated carbocycles. The molecule has 0 fully saturated rings. The van der Waals surface area contributed by atoms with Crippen LogP contribution in [0.15, 0.2) is 36.5 Å². The second-order valence-electron chi connectivity index (χ2n) is 4.16. The number of ether oxygens (including phenoxy) is 2. The number of hydrogen-bond donors (Lipinski definition) is 1. The highest BCUT2D eigenvalue weighted by atomic mass is 16.7. The van der Waals surface area contributed by atoms with Gasteiger partial charge < -0.3 is 14.8 Å². The highest BCUT2D eigenvalue weighted by molar-refractivity contribution is 6.04. The normalized spacial score (nSPS) is 12.3. The van der Waals surface area contributed by atoms with Crippen molar-refractivity contribution in [1.82, 2.24) is 4.98 Å². The molecule has 5 heteroatoms. The Bertz CT molecular complexity index is 640. The first-order valence-corrected chi connectivity index (χ1v) is 5.86. The lowest BCUT2D eigenvalue weighted by Crippen LogP contribution is -2.13. The summed E-state index contributed by atoms with van der Waals surface area (Å²) >= 11 is 0. The second kappa shape index (κ2) is 4.61. The minimum Gasteiger partial charge on any atom is -0.454 e. The van der Waals surface area contributed by atoms with Crippen molar-refractivity contribution in [3.8, 4) is 11.5 Å². The highest BCUT2D eigenvalue weighted by Crippen LogP contribution is 2.32. The van der Waals surface area contributed by atoms with Crippen molar-refractivity contribution in [1.29, 1.82) is 0 Å². The van der Waals surface area contributed by atoms with Crippen molar-refractivity contribution in [3.05, 3.63) is 47.8 Å². The van der Waals surface area contributed by atoms with Gasteiger partial charge in [-0.25, -0.2) is 0 Å². The van der Waals surface area contributed by atoms with Gasteiger partial charge in [0.05, 0.1) is 11.4 Å². The molecule has 2 aromatic rings. The van der Waals surface area contributed by atoms with Crippen molar-refractivity contribution in [2.75, 3.05) is 12.1 Å². The number of rotatable bonds is 2. The van der Waals surface area contributed by atoms with Crippen molar-refractivity contribution in [2.45, 2.75) is 6.92 Å². The van der Waals surface area contributed by atoms with E-state index in [9.17, 15) is 4.79 Å². The first-order chi connectivity index (χ1) is 9.24. The number of nitrogens with zero attached hydrogens (tertiary/aromatic N) is 1. The lowest BCUT2D eigenvalue weighted by atomic mass is 10.2. The van der Waals surface area contributed by atoms with Crippen LogP contribution in [0.25, 0.3) is 0 Å². The molecule has 0 saturated heterocycles. The molecule has 0 bridgehead atoms. The summed E-state index contributed by atoms with van der Waals surface area (Å²) in [6.45, 7) is 2.04. The molecular weight excluding hydrogens is 244 g/mol.